The van der Waals surface area contributed by atoms with Gasteiger partial charge in [-0.2, -0.15) is 0 Å². The molecule has 4 rings (SSSR count). The fourth-order valence-electron chi connectivity index (χ4n) is 3.78. The molecule has 0 fully saturated rings. The molecule has 1 aliphatic rings. The molecule has 0 spiro atoms. The molecule has 1 atom stereocenters. The summed E-state index contributed by atoms with van der Waals surface area (Å²) in [5.74, 6) is 0.522. The molecular weight excluding hydrogens is 450 g/mol. The van der Waals surface area contributed by atoms with E-state index in [4.69, 9.17) is 0 Å². The van der Waals surface area contributed by atoms with Crippen molar-refractivity contribution in [2.45, 2.75) is 39.5 Å². The van der Waals surface area contributed by atoms with E-state index in [0.717, 1.165) is 10.9 Å². The number of rotatable bonds is 1. The number of allylic oxidation sites excluding steroid dienone is 1. The zero-order chi connectivity index (χ0) is 18.6. The predicted molar refractivity (Wildman–Crippen MR) is 119 cm³/mol. The Morgan fingerprint density at radius 1 is 1.00 bits per heavy atom. The Kier molecular flexibility index (Phi) is 4.44. The number of benzene rings is 2. The second-order valence-corrected chi connectivity index (χ2v) is 10.1. The van der Waals surface area contributed by atoms with Gasteiger partial charge < -0.3 is 4.57 Å². The number of aromatic nitrogens is 1. The summed E-state index contributed by atoms with van der Waals surface area (Å²) in [5, 5.41) is 1.35. The van der Waals surface area contributed by atoms with Gasteiger partial charge in [-0.3, -0.25) is 0 Å². The SMILES string of the molecule is CC1Cc2c(n(-c3ccc(C(C)(C)C)cc3)c3cc(Br)ccc23)C=C1Br. The Morgan fingerprint density at radius 3 is 2.35 bits per heavy atom. The summed E-state index contributed by atoms with van der Waals surface area (Å²) in [7, 11) is 0. The molecule has 134 valence electrons. The van der Waals surface area contributed by atoms with Crippen LogP contribution in [0.15, 0.2) is 51.4 Å². The minimum Gasteiger partial charge on any atom is -0.310 e. The first-order valence-corrected chi connectivity index (χ1v) is 10.6. The number of hydrogen-bond donors (Lipinski definition) is 0. The fourth-order valence-corrected chi connectivity index (χ4v) is 4.51. The Bertz CT molecular complexity index is 1020. The molecule has 26 heavy (non-hydrogen) atoms. The normalized spacial score (nSPS) is 17.3. The molecule has 1 heterocycles. The van der Waals surface area contributed by atoms with Gasteiger partial charge in [-0.05, 0) is 59.2 Å². The van der Waals surface area contributed by atoms with Gasteiger partial charge in [0.2, 0.25) is 0 Å². The van der Waals surface area contributed by atoms with E-state index < -0.39 is 0 Å². The van der Waals surface area contributed by atoms with Gasteiger partial charge >= 0.3 is 0 Å². The van der Waals surface area contributed by atoms with Crippen LogP contribution in [0.5, 0.6) is 0 Å². The topological polar surface area (TPSA) is 4.93 Å². The molecule has 1 nitrogen and oxygen atoms in total. The minimum atomic E-state index is 0.165. The maximum atomic E-state index is 3.78. The van der Waals surface area contributed by atoms with Crippen molar-refractivity contribution < 1.29 is 0 Å². The van der Waals surface area contributed by atoms with Crippen LogP contribution in [-0.4, -0.2) is 4.57 Å². The second kappa shape index (κ2) is 6.38. The van der Waals surface area contributed by atoms with Gasteiger partial charge in [0.15, 0.2) is 0 Å². The molecule has 0 amide bonds. The van der Waals surface area contributed by atoms with Crippen molar-refractivity contribution in [1.82, 2.24) is 4.57 Å². The van der Waals surface area contributed by atoms with Crippen molar-refractivity contribution >= 4 is 48.8 Å². The number of halogens is 2. The lowest BCUT2D eigenvalue weighted by molar-refractivity contribution is 0.590. The predicted octanol–water partition coefficient (Wildman–Crippen LogP) is 7.62. The summed E-state index contributed by atoms with van der Waals surface area (Å²) in [5.41, 5.74) is 6.75. The molecule has 3 heteroatoms. The van der Waals surface area contributed by atoms with E-state index in [9.17, 15) is 0 Å². The van der Waals surface area contributed by atoms with E-state index in [1.807, 2.05) is 0 Å². The van der Waals surface area contributed by atoms with Gasteiger partial charge in [-0.15, -0.1) is 0 Å². The average Bonchev–Trinajstić information content (AvgIpc) is 2.87. The third-order valence-electron chi connectivity index (χ3n) is 5.32. The third-order valence-corrected chi connectivity index (χ3v) is 6.83. The second-order valence-electron chi connectivity index (χ2n) is 8.29. The average molecular weight is 473 g/mol. The van der Waals surface area contributed by atoms with Crippen molar-refractivity contribution in [3.8, 4) is 5.69 Å². The molecule has 1 aliphatic carbocycles. The minimum absolute atomic E-state index is 0.165. The first kappa shape index (κ1) is 18.1. The van der Waals surface area contributed by atoms with Gasteiger partial charge in [-0.1, -0.05) is 77.8 Å². The first-order valence-electron chi connectivity index (χ1n) is 9.06. The highest BCUT2D eigenvalue weighted by Crippen LogP contribution is 2.40. The Labute approximate surface area is 172 Å². The maximum absolute atomic E-state index is 3.78. The third kappa shape index (κ3) is 2.99. The standard InChI is InChI=1S/C23H23Br2N/c1-14-11-19-18-10-7-16(24)12-21(18)26(22(19)13-20(14)25)17-8-5-15(6-9-17)23(2,3)4/h5-10,12-14H,11H2,1-4H3. The molecule has 0 bridgehead atoms. The molecule has 0 radical (unpaired) electrons. The van der Waals surface area contributed by atoms with E-state index >= 15 is 0 Å². The highest BCUT2D eigenvalue weighted by molar-refractivity contribution is 9.11. The highest BCUT2D eigenvalue weighted by Gasteiger charge is 2.24. The number of nitrogens with zero attached hydrogens (tertiary/aromatic N) is 1. The van der Waals surface area contributed by atoms with Crippen LogP contribution in [0, 0.1) is 5.92 Å². The quantitative estimate of drug-likeness (QED) is 0.343. The van der Waals surface area contributed by atoms with Crippen LogP contribution in [0.2, 0.25) is 0 Å². The van der Waals surface area contributed by atoms with Crippen LogP contribution in [0.1, 0.15) is 44.5 Å². The summed E-state index contributed by atoms with van der Waals surface area (Å²) in [6.45, 7) is 9.05. The summed E-state index contributed by atoms with van der Waals surface area (Å²) in [6.07, 6.45) is 3.37. The van der Waals surface area contributed by atoms with Crippen molar-refractivity contribution in [2.24, 2.45) is 5.92 Å². The zero-order valence-corrected chi connectivity index (χ0v) is 18.8. The van der Waals surface area contributed by atoms with E-state index in [2.05, 4.69) is 113 Å². The van der Waals surface area contributed by atoms with Crippen molar-refractivity contribution in [2.75, 3.05) is 0 Å². The monoisotopic (exact) mass is 471 g/mol. The highest BCUT2D eigenvalue weighted by atomic mass is 79.9. The van der Waals surface area contributed by atoms with Gasteiger partial charge in [0.1, 0.15) is 0 Å². The molecule has 1 unspecified atom stereocenters. The zero-order valence-electron chi connectivity index (χ0n) is 15.6. The van der Waals surface area contributed by atoms with Crippen LogP contribution in [-0.2, 0) is 11.8 Å². The first-order chi connectivity index (χ1) is 12.3. The largest absolute Gasteiger partial charge is 0.310 e. The molecule has 1 aromatic heterocycles. The van der Waals surface area contributed by atoms with Gasteiger partial charge in [0.05, 0.1) is 11.2 Å². The molecule has 2 aromatic carbocycles. The molecule has 0 aliphatic heterocycles. The number of fused-ring (bicyclic) bond motifs is 3. The Hall–Kier alpha value is -1.32. The lowest BCUT2D eigenvalue weighted by atomic mass is 9.87. The van der Waals surface area contributed by atoms with Crippen molar-refractivity contribution in [3.63, 3.8) is 0 Å². The van der Waals surface area contributed by atoms with Gasteiger partial charge in [0, 0.05) is 20.0 Å². The maximum Gasteiger partial charge on any atom is 0.0548 e. The molecular formula is C23H23Br2N. The Morgan fingerprint density at radius 2 is 1.69 bits per heavy atom. The van der Waals surface area contributed by atoms with E-state index in [1.165, 1.54) is 37.9 Å². The van der Waals surface area contributed by atoms with E-state index in [1.54, 1.807) is 0 Å². The molecule has 3 aromatic rings. The van der Waals surface area contributed by atoms with Crippen LogP contribution >= 0.6 is 31.9 Å². The fraction of sp³-hybridized carbons (Fsp3) is 0.304. The summed E-state index contributed by atoms with van der Waals surface area (Å²) in [6, 6.07) is 15.6. The van der Waals surface area contributed by atoms with E-state index in [0.29, 0.717) is 5.92 Å². The summed E-state index contributed by atoms with van der Waals surface area (Å²) in [4.78, 5) is 0. The van der Waals surface area contributed by atoms with Crippen LogP contribution in [0.25, 0.3) is 22.7 Å². The Balaban J connectivity index is 1.98. The van der Waals surface area contributed by atoms with Crippen LogP contribution in [0.4, 0.5) is 0 Å². The van der Waals surface area contributed by atoms with Crippen molar-refractivity contribution in [1.29, 1.82) is 0 Å². The summed E-state index contributed by atoms with van der Waals surface area (Å²) >= 11 is 7.43. The van der Waals surface area contributed by atoms with Crippen LogP contribution in [0.3, 0.4) is 0 Å². The lowest BCUT2D eigenvalue weighted by Crippen LogP contribution is -2.11. The number of hydrogen-bond acceptors (Lipinski definition) is 0. The van der Waals surface area contributed by atoms with Gasteiger partial charge in [0.25, 0.3) is 0 Å². The molecule has 0 saturated heterocycles. The molecule has 0 saturated carbocycles. The summed E-state index contributed by atoms with van der Waals surface area (Å²) < 4.78 is 4.79. The van der Waals surface area contributed by atoms with Gasteiger partial charge in [-0.25, -0.2) is 0 Å². The molecule has 0 N–H and O–H groups in total. The van der Waals surface area contributed by atoms with Crippen LogP contribution < -0.4 is 0 Å². The lowest BCUT2D eigenvalue weighted by Gasteiger charge is -2.21. The van der Waals surface area contributed by atoms with Crippen molar-refractivity contribution in [3.05, 3.63) is 68.2 Å². The van der Waals surface area contributed by atoms with E-state index in [-0.39, 0.29) is 5.41 Å². The smallest absolute Gasteiger partial charge is 0.0548 e.